The van der Waals surface area contributed by atoms with Crippen molar-refractivity contribution in [2.75, 3.05) is 0 Å². The second-order valence-electron chi connectivity index (χ2n) is 9.28. The molecule has 0 amide bonds. The summed E-state index contributed by atoms with van der Waals surface area (Å²) in [6, 6.07) is 21.0. The van der Waals surface area contributed by atoms with Gasteiger partial charge in [0.05, 0.1) is 0 Å². The summed E-state index contributed by atoms with van der Waals surface area (Å²) in [4.78, 5) is 0. The fourth-order valence-corrected chi connectivity index (χ4v) is 20.0. The molecule has 0 fully saturated rings. The third kappa shape index (κ3) is 9.13. The smallest absolute Gasteiger partial charge is 0.388 e. The third-order valence-corrected chi connectivity index (χ3v) is 17.0. The molecule has 0 saturated heterocycles. The Morgan fingerprint density at radius 2 is 0.862 bits per heavy atom. The van der Waals surface area contributed by atoms with Crippen LogP contribution in [0.3, 0.4) is 0 Å². The molecule has 159 valence electrons. The van der Waals surface area contributed by atoms with Gasteiger partial charge in [-0.2, -0.15) is 0 Å². The van der Waals surface area contributed by atoms with Gasteiger partial charge in [0.25, 0.3) is 0 Å². The first-order chi connectivity index (χ1) is 12.3. The first-order valence-electron chi connectivity index (χ1n) is 9.55. The molecule has 0 bridgehead atoms. The van der Waals surface area contributed by atoms with Gasteiger partial charge in [0.2, 0.25) is 0 Å². The molecule has 0 heterocycles. The van der Waals surface area contributed by atoms with E-state index in [1.807, 2.05) is 12.1 Å². The van der Waals surface area contributed by atoms with Crippen molar-refractivity contribution >= 4 is 44.1 Å². The van der Waals surface area contributed by atoms with Crippen LogP contribution in [-0.2, 0) is 45.1 Å². The SMILES string of the molecule is C.C[Si](C)(C)O[Si](C)(C)O[Si](O[Si](C)(C)C)(c1ccccc1)c1ccccc1.[Y]. The van der Waals surface area contributed by atoms with Gasteiger partial charge in [0, 0.05) is 32.7 Å². The monoisotopic (exact) mass is 539 g/mol. The molecule has 0 spiro atoms. The van der Waals surface area contributed by atoms with Crippen molar-refractivity contribution < 1.29 is 45.1 Å². The maximum Gasteiger partial charge on any atom is 0.388 e. The molecule has 0 aromatic heterocycles. The zero-order valence-corrected chi connectivity index (χ0v) is 25.4. The Morgan fingerprint density at radius 1 is 0.517 bits per heavy atom. The van der Waals surface area contributed by atoms with E-state index < -0.39 is 33.8 Å². The predicted octanol–water partition coefficient (Wildman–Crippen LogP) is 5.30. The largest absolute Gasteiger partial charge is 0.437 e. The third-order valence-electron chi connectivity index (χ3n) is 3.70. The zero-order valence-electron chi connectivity index (χ0n) is 18.6. The van der Waals surface area contributed by atoms with Gasteiger partial charge in [-0.05, 0) is 62.7 Å². The minimum Gasteiger partial charge on any atom is -0.437 e. The average Bonchev–Trinajstić information content (AvgIpc) is 2.52. The first kappa shape index (κ1) is 29.3. The maximum atomic E-state index is 7.05. The van der Waals surface area contributed by atoms with Crippen LogP contribution in [0.1, 0.15) is 7.43 Å². The van der Waals surface area contributed by atoms with Crippen molar-refractivity contribution in [2.24, 2.45) is 0 Å². The Hall–Kier alpha value is 0.291. The maximum absolute atomic E-state index is 7.05. The Bertz CT molecular complexity index is 690. The molecule has 2 rings (SSSR count). The zero-order chi connectivity index (χ0) is 20.3. The number of hydrogen-bond acceptors (Lipinski definition) is 3. The van der Waals surface area contributed by atoms with Crippen LogP contribution in [0, 0.1) is 0 Å². The topological polar surface area (TPSA) is 27.7 Å². The molecule has 0 N–H and O–H groups in total. The van der Waals surface area contributed by atoms with Gasteiger partial charge in [0.1, 0.15) is 0 Å². The molecule has 0 saturated carbocycles. The van der Waals surface area contributed by atoms with Gasteiger partial charge in [-0.15, -0.1) is 0 Å². The van der Waals surface area contributed by atoms with Gasteiger partial charge < -0.3 is 12.3 Å². The van der Waals surface area contributed by atoms with E-state index in [9.17, 15) is 0 Å². The standard InChI is InChI=1S/C20H34O3Si4.CH4.Y/c1-24(2,3)21-26(7,8)23-27(22-25(4,5)6,19-15-11-9-12-16-19)20-17-13-10-14-18-20;;/h9-18H,1-8H3;1H4;. The minimum atomic E-state index is -2.90. The van der Waals surface area contributed by atoms with E-state index in [1.165, 1.54) is 0 Å². The van der Waals surface area contributed by atoms with Crippen molar-refractivity contribution in [2.45, 2.75) is 59.8 Å². The van der Waals surface area contributed by atoms with E-state index in [-0.39, 0.29) is 40.1 Å². The van der Waals surface area contributed by atoms with E-state index >= 15 is 0 Å². The van der Waals surface area contributed by atoms with E-state index in [0.717, 1.165) is 10.4 Å². The van der Waals surface area contributed by atoms with Crippen LogP contribution in [0.5, 0.6) is 0 Å². The van der Waals surface area contributed by atoms with Crippen LogP contribution in [0.4, 0.5) is 0 Å². The average molecular weight is 540 g/mol. The van der Waals surface area contributed by atoms with Crippen molar-refractivity contribution in [3.8, 4) is 0 Å². The molecule has 0 aliphatic rings. The van der Waals surface area contributed by atoms with E-state index in [1.54, 1.807) is 0 Å². The molecule has 29 heavy (non-hydrogen) atoms. The molecular weight excluding hydrogens is 501 g/mol. The summed E-state index contributed by atoms with van der Waals surface area (Å²) in [5.41, 5.74) is 0. The number of benzene rings is 2. The van der Waals surface area contributed by atoms with Crippen LogP contribution in [0.2, 0.25) is 52.4 Å². The Kier molecular flexibility index (Phi) is 11.4. The second-order valence-corrected chi connectivity index (χ2v) is 25.4. The van der Waals surface area contributed by atoms with Crippen molar-refractivity contribution in [3.63, 3.8) is 0 Å². The van der Waals surface area contributed by atoms with E-state index in [4.69, 9.17) is 12.3 Å². The molecule has 2 aromatic carbocycles. The molecule has 0 atom stereocenters. The van der Waals surface area contributed by atoms with Crippen LogP contribution < -0.4 is 10.4 Å². The molecule has 0 aliphatic heterocycles. The van der Waals surface area contributed by atoms with Crippen molar-refractivity contribution in [3.05, 3.63) is 60.7 Å². The summed E-state index contributed by atoms with van der Waals surface area (Å²) < 4.78 is 20.6. The molecule has 0 unspecified atom stereocenters. The Morgan fingerprint density at radius 3 is 1.17 bits per heavy atom. The Labute approximate surface area is 208 Å². The van der Waals surface area contributed by atoms with E-state index in [0.29, 0.717) is 0 Å². The summed E-state index contributed by atoms with van der Waals surface area (Å²) in [6.45, 7) is 17.7. The van der Waals surface area contributed by atoms with Crippen molar-refractivity contribution in [1.82, 2.24) is 0 Å². The quantitative estimate of drug-likeness (QED) is 0.426. The summed E-state index contributed by atoms with van der Waals surface area (Å²) in [6.07, 6.45) is 0. The molecular formula is C21H38O3Si4Y. The van der Waals surface area contributed by atoms with Crippen LogP contribution in [-0.4, -0.2) is 33.8 Å². The van der Waals surface area contributed by atoms with Gasteiger partial charge in [-0.25, -0.2) is 0 Å². The van der Waals surface area contributed by atoms with Crippen molar-refractivity contribution in [1.29, 1.82) is 0 Å². The Balaban J connectivity index is 0.00000392. The van der Waals surface area contributed by atoms with E-state index in [2.05, 4.69) is 101 Å². The first-order valence-corrected chi connectivity index (χ1v) is 21.0. The normalized spacial score (nSPS) is 12.7. The fourth-order valence-electron chi connectivity index (χ4n) is 3.27. The molecule has 1 radical (unpaired) electrons. The van der Waals surface area contributed by atoms with Gasteiger partial charge in [-0.3, -0.25) is 0 Å². The fraction of sp³-hybridized carbons (Fsp3) is 0.429. The predicted molar refractivity (Wildman–Crippen MR) is 132 cm³/mol. The summed E-state index contributed by atoms with van der Waals surface area (Å²) in [5, 5.41) is 2.30. The molecule has 0 aliphatic carbocycles. The van der Waals surface area contributed by atoms with Crippen LogP contribution in [0.15, 0.2) is 60.7 Å². The number of hydrogen-bond donors (Lipinski definition) is 0. The van der Waals surface area contributed by atoms with Gasteiger partial charge >= 0.3 is 17.1 Å². The molecule has 2 aromatic rings. The van der Waals surface area contributed by atoms with Crippen LogP contribution >= 0.6 is 0 Å². The summed E-state index contributed by atoms with van der Waals surface area (Å²) in [5.74, 6) is 0. The summed E-state index contributed by atoms with van der Waals surface area (Å²) in [7, 11) is -8.96. The number of rotatable bonds is 8. The molecule has 8 heteroatoms. The van der Waals surface area contributed by atoms with Gasteiger partial charge in [0.15, 0.2) is 16.6 Å². The minimum absolute atomic E-state index is 0. The summed E-state index contributed by atoms with van der Waals surface area (Å²) >= 11 is 0. The molecule has 3 nitrogen and oxygen atoms in total. The van der Waals surface area contributed by atoms with Crippen LogP contribution in [0.25, 0.3) is 0 Å². The second kappa shape index (κ2) is 11.2. The van der Waals surface area contributed by atoms with Gasteiger partial charge in [-0.1, -0.05) is 68.1 Å².